The van der Waals surface area contributed by atoms with Gasteiger partial charge in [0.05, 0.1) is 12.6 Å². The van der Waals surface area contributed by atoms with Crippen LogP contribution >= 0.6 is 23.1 Å². The molecule has 1 fully saturated rings. The van der Waals surface area contributed by atoms with Crippen LogP contribution in [0.1, 0.15) is 29.0 Å². The van der Waals surface area contributed by atoms with Gasteiger partial charge in [0.25, 0.3) is 0 Å². The van der Waals surface area contributed by atoms with E-state index >= 15 is 0 Å². The molecule has 0 saturated carbocycles. The number of β-lactam (4-membered cyclic amide) rings is 1. The fourth-order valence-corrected chi connectivity index (χ4v) is 6.71. The van der Waals surface area contributed by atoms with Crippen molar-refractivity contribution < 1.29 is 24.0 Å². The highest BCUT2D eigenvalue weighted by Crippen LogP contribution is 2.44. The Hall–Kier alpha value is -3.89. The first kappa shape index (κ1) is 26.7. The average molecular weight is 562 g/mol. The van der Waals surface area contributed by atoms with Gasteiger partial charge in [-0.05, 0) is 34.4 Å². The number of hydrogen-bond acceptors (Lipinski definition) is 8. The summed E-state index contributed by atoms with van der Waals surface area (Å²) in [5.41, 5.74) is 2.13. The van der Waals surface area contributed by atoms with Crippen LogP contribution in [0.3, 0.4) is 0 Å². The van der Waals surface area contributed by atoms with Crippen molar-refractivity contribution in [2.75, 3.05) is 7.11 Å². The smallest absolute Gasteiger partial charge is 0.334 e. The number of carbonyl (C=O) groups is 3. The highest BCUT2D eigenvalue weighted by Gasteiger charge is 2.57. The molecule has 2 aliphatic heterocycles. The predicted octanol–water partition coefficient (Wildman–Crippen LogP) is 4.30. The molecule has 0 spiro atoms. The molecule has 2 unspecified atom stereocenters. The minimum atomic E-state index is -1.04. The monoisotopic (exact) mass is 561 g/mol. The molecular weight excluding hydrogens is 534 g/mol. The number of nitrogens with zero attached hydrogens (tertiary/aromatic N) is 2. The lowest BCUT2D eigenvalue weighted by molar-refractivity contribution is -0.165. The Bertz CT molecular complexity index is 1350. The van der Waals surface area contributed by atoms with Gasteiger partial charge in [0, 0.05) is 10.5 Å². The van der Waals surface area contributed by atoms with Gasteiger partial charge in [-0.2, -0.15) is 0 Å². The number of thioether (sulfide) groups is 1. The molecule has 0 bridgehead atoms. The highest BCUT2D eigenvalue weighted by molar-refractivity contribution is 8.03. The molecule has 0 radical (unpaired) electrons. The van der Waals surface area contributed by atoms with Gasteiger partial charge in [0.15, 0.2) is 12.1 Å². The quantitative estimate of drug-likeness (QED) is 0.181. The number of amides is 2. The van der Waals surface area contributed by atoms with Crippen molar-refractivity contribution in [1.82, 2.24) is 10.2 Å². The van der Waals surface area contributed by atoms with E-state index in [0.717, 1.165) is 20.9 Å². The maximum absolute atomic E-state index is 13.9. The van der Waals surface area contributed by atoms with E-state index in [2.05, 4.69) is 10.5 Å². The van der Waals surface area contributed by atoms with Gasteiger partial charge in [-0.3, -0.25) is 9.59 Å². The molecule has 5 rings (SSSR count). The number of ether oxygens (including phenoxy) is 1. The molecule has 8 nitrogen and oxygen atoms in total. The number of thiophene rings is 1. The first-order valence-corrected chi connectivity index (χ1v) is 14.1. The van der Waals surface area contributed by atoms with Gasteiger partial charge in [0.2, 0.25) is 11.8 Å². The fourth-order valence-electron chi connectivity index (χ4n) is 4.68. The van der Waals surface area contributed by atoms with E-state index < -0.39 is 29.5 Å². The third kappa shape index (κ3) is 5.62. The molecular formula is C29H27N3O5S2. The van der Waals surface area contributed by atoms with Gasteiger partial charge in [-0.1, -0.05) is 71.9 Å². The molecule has 3 heterocycles. The van der Waals surface area contributed by atoms with Crippen LogP contribution in [0.5, 0.6) is 0 Å². The predicted molar refractivity (Wildman–Crippen MR) is 151 cm³/mol. The van der Waals surface area contributed by atoms with E-state index in [9.17, 15) is 14.4 Å². The minimum Gasteiger partial charge on any atom is -0.451 e. The van der Waals surface area contributed by atoms with Crippen molar-refractivity contribution in [3.05, 3.63) is 105 Å². The Balaban J connectivity index is 1.42. The van der Waals surface area contributed by atoms with Crippen molar-refractivity contribution in [3.63, 3.8) is 0 Å². The SMILES string of the molecule is CON=CC1=C(C)S[C@@H]2C(NC(=O)Cc3cccs3)C(=O)N2C1C(=O)OC(c1ccccc1)c1ccccc1. The zero-order valence-corrected chi connectivity index (χ0v) is 23.0. The van der Waals surface area contributed by atoms with Gasteiger partial charge in [-0.15, -0.1) is 23.1 Å². The Morgan fingerprint density at radius 3 is 2.31 bits per heavy atom. The zero-order chi connectivity index (χ0) is 27.4. The van der Waals surface area contributed by atoms with E-state index in [0.29, 0.717) is 5.57 Å². The van der Waals surface area contributed by atoms with Crippen molar-refractivity contribution in [2.45, 2.75) is 36.9 Å². The summed E-state index contributed by atoms with van der Waals surface area (Å²) in [4.78, 5) is 48.0. The summed E-state index contributed by atoms with van der Waals surface area (Å²) in [5.74, 6) is -1.18. The first-order chi connectivity index (χ1) is 19.0. The van der Waals surface area contributed by atoms with E-state index in [4.69, 9.17) is 9.57 Å². The van der Waals surface area contributed by atoms with Gasteiger partial charge < -0.3 is 19.8 Å². The molecule has 1 N–H and O–H groups in total. The van der Waals surface area contributed by atoms with Crippen LogP contribution in [0.25, 0.3) is 0 Å². The molecule has 39 heavy (non-hydrogen) atoms. The van der Waals surface area contributed by atoms with Crippen molar-refractivity contribution >= 4 is 47.1 Å². The third-order valence-electron chi connectivity index (χ3n) is 6.55. The Labute approximate surface area is 234 Å². The summed E-state index contributed by atoms with van der Waals surface area (Å²) in [7, 11) is 1.41. The molecule has 200 valence electrons. The summed E-state index contributed by atoms with van der Waals surface area (Å²) in [6.45, 7) is 1.86. The highest BCUT2D eigenvalue weighted by atomic mass is 32.2. The van der Waals surface area contributed by atoms with Crippen LogP contribution < -0.4 is 5.32 Å². The second-order valence-corrected chi connectivity index (χ2v) is 11.4. The number of carbonyl (C=O) groups excluding carboxylic acids is 3. The molecule has 2 aromatic carbocycles. The lowest BCUT2D eigenvalue weighted by Crippen LogP contribution is -2.74. The van der Waals surface area contributed by atoms with E-state index in [1.54, 1.807) is 0 Å². The standard InChI is InChI=1S/C29H27N3O5S2/c1-18-22(17-30-36-2)25(29(35)37-26(19-10-5-3-6-11-19)20-12-7-4-8-13-20)32-27(34)24(28(32)39-18)31-23(33)16-21-14-9-15-38-21/h3-15,17,24-26,28H,16H2,1-2H3,(H,31,33)/t24?,25?,28-/m1/s1. The average Bonchev–Trinajstić information content (AvgIpc) is 3.47. The topological polar surface area (TPSA) is 97.3 Å². The van der Waals surface area contributed by atoms with Crippen LogP contribution in [0.2, 0.25) is 0 Å². The van der Waals surface area contributed by atoms with Crippen LogP contribution in [0, 0.1) is 0 Å². The summed E-state index contributed by atoms with van der Waals surface area (Å²) < 4.78 is 6.14. The summed E-state index contributed by atoms with van der Waals surface area (Å²) >= 11 is 2.89. The molecule has 2 aliphatic rings. The molecule has 1 aromatic heterocycles. The lowest BCUT2D eigenvalue weighted by atomic mass is 9.96. The maximum atomic E-state index is 13.9. The minimum absolute atomic E-state index is 0.195. The molecule has 3 atom stereocenters. The fraction of sp³-hybridized carbons (Fsp3) is 0.241. The van der Waals surface area contributed by atoms with Gasteiger partial charge >= 0.3 is 5.97 Å². The number of benzene rings is 2. The number of oxime groups is 1. The van der Waals surface area contributed by atoms with E-state index in [-0.39, 0.29) is 18.2 Å². The van der Waals surface area contributed by atoms with Crippen LogP contribution in [-0.4, -0.2) is 53.5 Å². The lowest BCUT2D eigenvalue weighted by Gasteiger charge is -2.52. The molecule has 2 amide bonds. The Morgan fingerprint density at radius 2 is 1.72 bits per heavy atom. The van der Waals surface area contributed by atoms with Crippen molar-refractivity contribution in [2.24, 2.45) is 5.16 Å². The number of esters is 1. The third-order valence-corrected chi connectivity index (χ3v) is 8.75. The molecule has 3 aromatic rings. The van der Waals surface area contributed by atoms with Crippen molar-refractivity contribution in [3.8, 4) is 0 Å². The first-order valence-electron chi connectivity index (χ1n) is 12.4. The number of fused-ring (bicyclic) bond motifs is 1. The Morgan fingerprint density at radius 1 is 1.05 bits per heavy atom. The summed E-state index contributed by atoms with van der Waals surface area (Å²) in [6.07, 6.45) is 0.966. The second kappa shape index (κ2) is 11.9. The molecule has 1 saturated heterocycles. The maximum Gasteiger partial charge on any atom is 0.334 e. The molecule has 0 aliphatic carbocycles. The van der Waals surface area contributed by atoms with Gasteiger partial charge in [-0.25, -0.2) is 4.79 Å². The largest absolute Gasteiger partial charge is 0.451 e. The van der Waals surface area contributed by atoms with Crippen LogP contribution in [0.15, 0.2) is 93.8 Å². The normalized spacial score (nSPS) is 20.5. The van der Waals surface area contributed by atoms with Crippen molar-refractivity contribution in [1.29, 1.82) is 0 Å². The van der Waals surface area contributed by atoms with Crippen LogP contribution in [-0.2, 0) is 30.4 Å². The summed E-state index contributed by atoms with van der Waals surface area (Å²) in [6, 6.07) is 20.9. The number of hydrogen-bond donors (Lipinski definition) is 1. The number of rotatable bonds is 9. The second-order valence-electron chi connectivity index (χ2n) is 9.02. The summed E-state index contributed by atoms with van der Waals surface area (Å²) in [5, 5.41) is 8.19. The molecule has 10 heteroatoms. The van der Waals surface area contributed by atoms with E-state index in [1.165, 1.54) is 41.3 Å². The van der Waals surface area contributed by atoms with Crippen LogP contribution in [0.4, 0.5) is 0 Å². The van der Waals surface area contributed by atoms with E-state index in [1.807, 2.05) is 85.1 Å². The number of nitrogens with one attached hydrogen (secondary N) is 1. The number of allylic oxidation sites excluding steroid dienone is 1. The zero-order valence-electron chi connectivity index (χ0n) is 21.4. The Kier molecular flexibility index (Phi) is 8.13. The van der Waals surface area contributed by atoms with Gasteiger partial charge in [0.1, 0.15) is 18.5 Å².